The Morgan fingerprint density at radius 3 is 2.17 bits per heavy atom. The van der Waals surface area contributed by atoms with Gasteiger partial charge in [0.25, 0.3) is 0 Å². The molecule has 0 bridgehead atoms. The summed E-state index contributed by atoms with van der Waals surface area (Å²) in [5.74, 6) is 0.755. The summed E-state index contributed by atoms with van der Waals surface area (Å²) in [6.07, 6.45) is 6.88. The van der Waals surface area contributed by atoms with E-state index in [1.54, 1.807) is 0 Å². The van der Waals surface area contributed by atoms with Gasteiger partial charge < -0.3 is 0 Å². The van der Waals surface area contributed by atoms with Gasteiger partial charge >= 0.3 is 0 Å². The average molecular weight is 379 g/mol. The van der Waals surface area contributed by atoms with E-state index in [0.29, 0.717) is 0 Å². The van der Waals surface area contributed by atoms with Crippen molar-refractivity contribution in [2.75, 3.05) is 0 Å². The topological polar surface area (TPSA) is 3.88 Å². The second-order valence-electron chi connectivity index (χ2n) is 8.31. The van der Waals surface area contributed by atoms with Crippen molar-refractivity contribution in [1.82, 2.24) is 0 Å². The SMILES string of the molecule is c1ccc(C[n+]2c(-c3ccc(C4CCCCC4)cc3)ccc3ccccc32)cc1. The molecule has 4 aromatic rings. The second kappa shape index (κ2) is 8.21. The Labute approximate surface area is 173 Å². The number of aromatic nitrogens is 1. The Balaban J connectivity index is 1.56. The van der Waals surface area contributed by atoms with E-state index in [2.05, 4.69) is 95.6 Å². The number of hydrogen-bond acceptors (Lipinski definition) is 0. The summed E-state index contributed by atoms with van der Waals surface area (Å²) in [5.41, 5.74) is 6.71. The zero-order valence-electron chi connectivity index (χ0n) is 16.9. The Morgan fingerprint density at radius 2 is 1.38 bits per heavy atom. The molecular formula is C28H28N+. The van der Waals surface area contributed by atoms with E-state index in [9.17, 15) is 0 Å². The summed E-state index contributed by atoms with van der Waals surface area (Å²) in [4.78, 5) is 0. The summed E-state index contributed by atoms with van der Waals surface area (Å²) in [6.45, 7) is 0.877. The molecule has 1 heteroatoms. The molecule has 1 saturated carbocycles. The van der Waals surface area contributed by atoms with Crippen molar-refractivity contribution in [3.8, 4) is 11.3 Å². The van der Waals surface area contributed by atoms with Gasteiger partial charge in [0.05, 0.1) is 0 Å². The Morgan fingerprint density at radius 1 is 0.655 bits per heavy atom. The maximum absolute atomic E-state index is 2.46. The van der Waals surface area contributed by atoms with Crippen molar-refractivity contribution >= 4 is 10.9 Å². The molecule has 0 amide bonds. The summed E-state index contributed by atoms with van der Waals surface area (Å²) in [5, 5.41) is 1.28. The van der Waals surface area contributed by atoms with Crippen molar-refractivity contribution in [2.24, 2.45) is 0 Å². The summed E-state index contributed by atoms with van der Waals surface area (Å²) >= 11 is 0. The standard InChI is InChI=1S/C28H28N/c1-3-9-22(10-4-1)21-29-27-14-8-7-13-25(27)19-20-28(29)26-17-15-24(16-18-26)23-11-5-2-6-12-23/h1,3-4,7-10,13-20,23H,2,5-6,11-12,21H2/q+1. The van der Waals surface area contributed by atoms with E-state index in [1.807, 2.05) is 0 Å². The largest absolute Gasteiger partial charge is 0.213 e. The molecule has 0 radical (unpaired) electrons. The first-order valence-corrected chi connectivity index (χ1v) is 10.9. The molecule has 0 saturated heterocycles. The second-order valence-corrected chi connectivity index (χ2v) is 8.31. The van der Waals surface area contributed by atoms with Crippen LogP contribution in [-0.2, 0) is 6.54 Å². The number of para-hydroxylation sites is 1. The quantitative estimate of drug-likeness (QED) is 0.340. The first-order chi connectivity index (χ1) is 14.4. The Hall–Kier alpha value is -2.93. The van der Waals surface area contributed by atoms with Crippen LogP contribution in [0.2, 0.25) is 0 Å². The lowest BCUT2D eigenvalue weighted by Crippen LogP contribution is -2.37. The fraction of sp³-hybridized carbons (Fsp3) is 0.250. The van der Waals surface area contributed by atoms with Crippen LogP contribution >= 0.6 is 0 Å². The molecule has 29 heavy (non-hydrogen) atoms. The van der Waals surface area contributed by atoms with Crippen LogP contribution in [0.15, 0.2) is 91.0 Å². The monoisotopic (exact) mass is 378 g/mol. The molecule has 0 spiro atoms. The molecule has 0 N–H and O–H groups in total. The number of rotatable bonds is 4. The Bertz CT molecular complexity index is 1090. The van der Waals surface area contributed by atoms with Crippen LogP contribution in [0, 0.1) is 0 Å². The maximum atomic E-state index is 2.46. The maximum Gasteiger partial charge on any atom is 0.213 e. The highest BCUT2D eigenvalue weighted by molar-refractivity contribution is 5.77. The van der Waals surface area contributed by atoms with Gasteiger partial charge in [-0.25, -0.2) is 0 Å². The summed E-state index contributed by atoms with van der Waals surface area (Å²) < 4.78 is 2.46. The van der Waals surface area contributed by atoms with Gasteiger partial charge in [-0.1, -0.05) is 73.9 Å². The van der Waals surface area contributed by atoms with Gasteiger partial charge in [0, 0.05) is 28.6 Å². The molecule has 1 aromatic heterocycles. The molecule has 0 unspecified atom stereocenters. The van der Waals surface area contributed by atoms with Crippen LogP contribution in [0.25, 0.3) is 22.2 Å². The van der Waals surface area contributed by atoms with E-state index in [4.69, 9.17) is 0 Å². The van der Waals surface area contributed by atoms with Crippen LogP contribution in [0.4, 0.5) is 0 Å². The summed E-state index contributed by atoms with van der Waals surface area (Å²) in [6, 6.07) is 33.4. The average Bonchev–Trinajstić information content (AvgIpc) is 2.81. The van der Waals surface area contributed by atoms with Crippen molar-refractivity contribution < 1.29 is 4.57 Å². The lowest BCUT2D eigenvalue weighted by molar-refractivity contribution is -0.651. The third kappa shape index (κ3) is 3.82. The van der Waals surface area contributed by atoms with Crippen LogP contribution in [0.5, 0.6) is 0 Å². The number of nitrogens with zero attached hydrogens (tertiary/aromatic N) is 1. The molecule has 1 aliphatic carbocycles. The third-order valence-electron chi connectivity index (χ3n) is 6.41. The predicted octanol–water partition coefficient (Wildman–Crippen LogP) is 6.89. The smallest absolute Gasteiger partial charge is 0.187 e. The minimum atomic E-state index is 0.755. The number of benzene rings is 3. The molecule has 1 aliphatic rings. The lowest BCUT2D eigenvalue weighted by atomic mass is 9.84. The number of hydrogen-bond donors (Lipinski definition) is 0. The highest BCUT2D eigenvalue weighted by atomic mass is 15.0. The molecule has 1 nitrogen and oxygen atoms in total. The zero-order valence-corrected chi connectivity index (χ0v) is 16.9. The van der Waals surface area contributed by atoms with Crippen molar-refractivity contribution in [3.63, 3.8) is 0 Å². The first kappa shape index (κ1) is 18.1. The molecule has 3 aromatic carbocycles. The fourth-order valence-electron chi connectivity index (χ4n) is 4.81. The minimum Gasteiger partial charge on any atom is -0.187 e. The van der Waals surface area contributed by atoms with E-state index in [0.717, 1.165) is 12.5 Å². The molecule has 0 atom stereocenters. The third-order valence-corrected chi connectivity index (χ3v) is 6.41. The highest BCUT2D eigenvalue weighted by Crippen LogP contribution is 2.33. The lowest BCUT2D eigenvalue weighted by Gasteiger charge is -2.22. The van der Waals surface area contributed by atoms with E-state index in [-0.39, 0.29) is 0 Å². The van der Waals surface area contributed by atoms with E-state index >= 15 is 0 Å². The van der Waals surface area contributed by atoms with Crippen LogP contribution in [0.1, 0.15) is 49.1 Å². The van der Waals surface area contributed by atoms with Crippen molar-refractivity contribution in [2.45, 2.75) is 44.6 Å². The molecule has 5 rings (SSSR count). The molecule has 1 heterocycles. The first-order valence-electron chi connectivity index (χ1n) is 10.9. The predicted molar refractivity (Wildman–Crippen MR) is 121 cm³/mol. The van der Waals surface area contributed by atoms with Crippen LogP contribution < -0.4 is 4.57 Å². The van der Waals surface area contributed by atoms with E-state index in [1.165, 1.54) is 65.4 Å². The van der Waals surface area contributed by atoms with E-state index < -0.39 is 0 Å². The minimum absolute atomic E-state index is 0.755. The van der Waals surface area contributed by atoms with Gasteiger partial charge in [-0.15, -0.1) is 0 Å². The van der Waals surface area contributed by atoms with Gasteiger partial charge in [-0.3, -0.25) is 0 Å². The summed E-state index contributed by atoms with van der Waals surface area (Å²) in [7, 11) is 0. The molecule has 1 fully saturated rings. The highest BCUT2D eigenvalue weighted by Gasteiger charge is 2.19. The van der Waals surface area contributed by atoms with Gasteiger partial charge in [0.2, 0.25) is 11.2 Å². The number of pyridine rings is 1. The van der Waals surface area contributed by atoms with Gasteiger partial charge in [0.15, 0.2) is 6.54 Å². The Kier molecular flexibility index (Phi) is 5.13. The van der Waals surface area contributed by atoms with Crippen molar-refractivity contribution in [1.29, 1.82) is 0 Å². The van der Waals surface area contributed by atoms with Crippen LogP contribution in [0.3, 0.4) is 0 Å². The molecule has 144 valence electrons. The van der Waals surface area contributed by atoms with Gasteiger partial charge in [-0.2, -0.15) is 4.57 Å². The van der Waals surface area contributed by atoms with Gasteiger partial charge in [-0.05, 0) is 48.6 Å². The van der Waals surface area contributed by atoms with Crippen LogP contribution in [-0.4, -0.2) is 0 Å². The zero-order chi connectivity index (χ0) is 19.5. The molecule has 0 aliphatic heterocycles. The van der Waals surface area contributed by atoms with Gasteiger partial charge in [0.1, 0.15) is 0 Å². The number of fused-ring (bicyclic) bond motifs is 1. The van der Waals surface area contributed by atoms with Crippen molar-refractivity contribution in [3.05, 3.63) is 102 Å². The normalized spacial score (nSPS) is 14.9. The fourth-order valence-corrected chi connectivity index (χ4v) is 4.81. The molecular weight excluding hydrogens is 350 g/mol.